The van der Waals surface area contributed by atoms with Crippen LogP contribution < -0.4 is 4.90 Å². The Morgan fingerprint density at radius 3 is 1.67 bits per heavy atom. The average Bonchev–Trinajstić information content (AvgIpc) is 2.26. The first-order valence-corrected chi connectivity index (χ1v) is 4.54. The normalized spacial score (nSPS) is 9.89. The molecule has 0 unspecified atom stereocenters. The second kappa shape index (κ2) is 4.61. The SMILES string of the molecule is CN(C)c1c([N+](=O)[O-])ccc([N+](=O)[O-])c1[N+](=O)[O-]. The topological polar surface area (TPSA) is 133 Å². The minimum Gasteiger partial charge on any atom is -0.366 e. The Labute approximate surface area is 99.9 Å². The van der Waals surface area contributed by atoms with Gasteiger partial charge in [0.25, 0.3) is 5.69 Å². The Morgan fingerprint density at radius 1 is 0.889 bits per heavy atom. The van der Waals surface area contributed by atoms with Gasteiger partial charge in [-0.25, -0.2) is 0 Å². The molecule has 1 aromatic carbocycles. The van der Waals surface area contributed by atoms with Gasteiger partial charge in [-0.2, -0.15) is 0 Å². The molecule has 0 atom stereocenters. The number of anilines is 1. The van der Waals surface area contributed by atoms with E-state index >= 15 is 0 Å². The lowest BCUT2D eigenvalue weighted by Gasteiger charge is -2.12. The van der Waals surface area contributed by atoms with Crippen molar-refractivity contribution >= 4 is 22.7 Å². The Morgan fingerprint density at radius 2 is 1.33 bits per heavy atom. The Balaban J connectivity index is 3.76. The molecule has 0 amide bonds. The summed E-state index contributed by atoms with van der Waals surface area (Å²) in [7, 11) is 2.66. The van der Waals surface area contributed by atoms with Crippen LogP contribution in [0, 0.1) is 30.3 Å². The number of nitro benzene ring substituents is 3. The van der Waals surface area contributed by atoms with Crippen LogP contribution in [0.15, 0.2) is 12.1 Å². The summed E-state index contributed by atoms with van der Waals surface area (Å²) in [4.78, 5) is 30.7. The Hall–Kier alpha value is -2.78. The van der Waals surface area contributed by atoms with Crippen LogP contribution in [-0.2, 0) is 0 Å². The van der Waals surface area contributed by atoms with Crippen LogP contribution in [-0.4, -0.2) is 28.9 Å². The van der Waals surface area contributed by atoms with E-state index < -0.39 is 37.5 Å². The molecular formula is C8H8N4O6. The van der Waals surface area contributed by atoms with E-state index in [9.17, 15) is 30.3 Å². The zero-order valence-corrected chi connectivity index (χ0v) is 9.39. The fraction of sp³-hybridized carbons (Fsp3) is 0.250. The van der Waals surface area contributed by atoms with E-state index in [0.29, 0.717) is 0 Å². The summed E-state index contributed by atoms with van der Waals surface area (Å²) in [6.45, 7) is 0. The third kappa shape index (κ3) is 2.16. The van der Waals surface area contributed by atoms with Crippen molar-refractivity contribution in [2.24, 2.45) is 0 Å². The van der Waals surface area contributed by atoms with Crippen LogP contribution in [0.25, 0.3) is 0 Å². The minimum atomic E-state index is -1.000. The van der Waals surface area contributed by atoms with Crippen LogP contribution in [0.4, 0.5) is 22.7 Å². The summed E-state index contributed by atoms with van der Waals surface area (Å²) in [6.07, 6.45) is 0. The van der Waals surface area contributed by atoms with E-state index in [-0.39, 0.29) is 0 Å². The summed E-state index contributed by atoms with van der Waals surface area (Å²) in [6, 6.07) is 1.63. The summed E-state index contributed by atoms with van der Waals surface area (Å²) < 4.78 is 0. The maximum Gasteiger partial charge on any atom is 0.376 e. The second-order valence-corrected chi connectivity index (χ2v) is 3.47. The molecule has 1 aromatic rings. The van der Waals surface area contributed by atoms with Crippen molar-refractivity contribution in [1.29, 1.82) is 0 Å². The van der Waals surface area contributed by atoms with Gasteiger partial charge >= 0.3 is 11.4 Å². The number of rotatable bonds is 4. The summed E-state index contributed by atoms with van der Waals surface area (Å²) in [5, 5.41) is 32.3. The number of nitrogens with zero attached hydrogens (tertiary/aromatic N) is 4. The molecule has 10 nitrogen and oxygen atoms in total. The number of hydrogen-bond acceptors (Lipinski definition) is 7. The van der Waals surface area contributed by atoms with Gasteiger partial charge < -0.3 is 4.90 Å². The zero-order valence-electron chi connectivity index (χ0n) is 9.39. The van der Waals surface area contributed by atoms with Crippen molar-refractivity contribution in [3.8, 4) is 0 Å². The average molecular weight is 256 g/mol. The van der Waals surface area contributed by atoms with E-state index in [0.717, 1.165) is 17.0 Å². The molecule has 0 saturated heterocycles. The van der Waals surface area contributed by atoms with Crippen LogP contribution in [0.1, 0.15) is 0 Å². The fourth-order valence-electron chi connectivity index (χ4n) is 1.47. The highest BCUT2D eigenvalue weighted by Crippen LogP contribution is 2.42. The van der Waals surface area contributed by atoms with Crippen molar-refractivity contribution in [3.63, 3.8) is 0 Å². The lowest BCUT2D eigenvalue weighted by molar-refractivity contribution is -0.423. The number of nitro groups is 3. The highest BCUT2D eigenvalue weighted by Gasteiger charge is 2.36. The Bertz CT molecular complexity index is 541. The monoisotopic (exact) mass is 256 g/mol. The van der Waals surface area contributed by atoms with Crippen molar-refractivity contribution in [3.05, 3.63) is 42.5 Å². The van der Waals surface area contributed by atoms with Gasteiger partial charge in [-0.1, -0.05) is 0 Å². The molecular weight excluding hydrogens is 248 g/mol. The molecule has 0 spiro atoms. The first-order valence-electron chi connectivity index (χ1n) is 4.54. The molecule has 0 aliphatic rings. The number of hydrogen-bond donors (Lipinski definition) is 0. The molecule has 0 aliphatic carbocycles. The second-order valence-electron chi connectivity index (χ2n) is 3.47. The van der Waals surface area contributed by atoms with E-state index in [4.69, 9.17) is 0 Å². The van der Waals surface area contributed by atoms with Gasteiger partial charge in [0.1, 0.15) is 0 Å². The predicted molar refractivity (Wildman–Crippen MR) is 60.7 cm³/mol. The van der Waals surface area contributed by atoms with Crippen molar-refractivity contribution in [2.45, 2.75) is 0 Å². The van der Waals surface area contributed by atoms with Gasteiger partial charge in [-0.3, -0.25) is 30.3 Å². The lowest BCUT2D eigenvalue weighted by atomic mass is 10.2. The molecule has 0 radical (unpaired) electrons. The van der Waals surface area contributed by atoms with Crippen molar-refractivity contribution in [1.82, 2.24) is 0 Å². The van der Waals surface area contributed by atoms with Crippen molar-refractivity contribution in [2.75, 3.05) is 19.0 Å². The van der Waals surface area contributed by atoms with Gasteiger partial charge in [-0.15, -0.1) is 0 Å². The molecule has 18 heavy (non-hydrogen) atoms. The van der Waals surface area contributed by atoms with Gasteiger partial charge in [0, 0.05) is 26.2 Å². The molecule has 0 heterocycles. The number of benzene rings is 1. The Kier molecular flexibility index (Phi) is 3.40. The quantitative estimate of drug-likeness (QED) is 0.588. The van der Waals surface area contributed by atoms with E-state index in [1.54, 1.807) is 0 Å². The maximum atomic E-state index is 10.9. The van der Waals surface area contributed by atoms with E-state index in [1.165, 1.54) is 14.1 Å². The minimum absolute atomic E-state index is 0.404. The summed E-state index contributed by atoms with van der Waals surface area (Å²) >= 11 is 0. The third-order valence-corrected chi connectivity index (χ3v) is 2.13. The maximum absolute atomic E-state index is 10.9. The molecule has 10 heteroatoms. The third-order valence-electron chi connectivity index (χ3n) is 2.13. The zero-order chi connectivity index (χ0) is 14.0. The van der Waals surface area contributed by atoms with Crippen LogP contribution in [0.5, 0.6) is 0 Å². The molecule has 0 N–H and O–H groups in total. The highest BCUT2D eigenvalue weighted by atomic mass is 16.6. The molecule has 0 fully saturated rings. The van der Waals surface area contributed by atoms with Gasteiger partial charge in [-0.05, 0) is 0 Å². The standard InChI is InChI=1S/C8H8N4O6/c1-9(2)7-5(10(13)14)3-4-6(11(15)16)8(7)12(17)18/h3-4H,1-2H3. The molecule has 96 valence electrons. The first kappa shape index (κ1) is 13.3. The molecule has 0 bridgehead atoms. The smallest absolute Gasteiger partial charge is 0.366 e. The molecule has 0 aliphatic heterocycles. The van der Waals surface area contributed by atoms with E-state index in [2.05, 4.69) is 0 Å². The predicted octanol–water partition coefficient (Wildman–Crippen LogP) is 1.48. The molecule has 0 aromatic heterocycles. The summed E-state index contributed by atoms with van der Waals surface area (Å²) in [5.74, 6) is 0. The van der Waals surface area contributed by atoms with Gasteiger partial charge in [0.2, 0.25) is 5.69 Å². The fourth-order valence-corrected chi connectivity index (χ4v) is 1.47. The largest absolute Gasteiger partial charge is 0.376 e. The van der Waals surface area contributed by atoms with Crippen LogP contribution in [0.2, 0.25) is 0 Å². The van der Waals surface area contributed by atoms with Gasteiger partial charge in [0.05, 0.1) is 14.8 Å². The van der Waals surface area contributed by atoms with Crippen LogP contribution >= 0.6 is 0 Å². The van der Waals surface area contributed by atoms with E-state index in [1.807, 2.05) is 0 Å². The van der Waals surface area contributed by atoms with Gasteiger partial charge in [0.15, 0.2) is 0 Å². The molecule has 1 rings (SSSR count). The first-order chi connectivity index (χ1) is 8.27. The molecule has 0 saturated carbocycles. The van der Waals surface area contributed by atoms with Crippen molar-refractivity contribution < 1.29 is 14.8 Å². The summed E-state index contributed by atoms with van der Waals surface area (Å²) in [5.41, 5.74) is -2.63. The van der Waals surface area contributed by atoms with Crippen LogP contribution in [0.3, 0.4) is 0 Å². The highest BCUT2D eigenvalue weighted by molar-refractivity contribution is 5.81. The lowest BCUT2D eigenvalue weighted by Crippen LogP contribution is -2.14.